The van der Waals surface area contributed by atoms with E-state index in [0.29, 0.717) is 18.7 Å². The van der Waals surface area contributed by atoms with E-state index in [1.807, 2.05) is 38.1 Å². The van der Waals surface area contributed by atoms with Gasteiger partial charge in [0.1, 0.15) is 17.3 Å². The first-order valence-electron chi connectivity index (χ1n) is 7.69. The number of aliphatic hydroxyl groups excluding tert-OH is 1. The summed E-state index contributed by atoms with van der Waals surface area (Å²) in [4.78, 5) is 13.6. The number of carbonyl (C=O) groups is 1. The quantitative estimate of drug-likeness (QED) is 0.852. The number of ether oxygens (including phenoxy) is 1. The minimum absolute atomic E-state index is 0.0358. The second-order valence-electron chi connectivity index (χ2n) is 5.54. The number of likely N-dealkylation sites (N-methyl/N-ethyl adjacent to an activating group) is 1. The third-order valence-electron chi connectivity index (χ3n) is 3.63. The summed E-state index contributed by atoms with van der Waals surface area (Å²) < 4.78 is 11.0. The molecule has 1 unspecified atom stereocenters. The van der Waals surface area contributed by atoms with Crippen LogP contribution in [0.1, 0.15) is 36.5 Å². The predicted molar refractivity (Wildman–Crippen MR) is 87.1 cm³/mol. The number of aliphatic hydroxyl groups is 1. The molecule has 0 saturated heterocycles. The van der Waals surface area contributed by atoms with E-state index in [4.69, 9.17) is 9.15 Å². The van der Waals surface area contributed by atoms with Gasteiger partial charge in [0.15, 0.2) is 6.61 Å². The van der Waals surface area contributed by atoms with Gasteiger partial charge < -0.3 is 19.2 Å². The van der Waals surface area contributed by atoms with Crippen LogP contribution in [0.25, 0.3) is 0 Å². The predicted octanol–water partition coefficient (Wildman–Crippen LogP) is 3.07. The third-order valence-corrected chi connectivity index (χ3v) is 3.63. The fourth-order valence-electron chi connectivity index (χ4n) is 2.17. The summed E-state index contributed by atoms with van der Waals surface area (Å²) in [5.41, 5.74) is 0.844. The highest BCUT2D eigenvalue weighted by Crippen LogP contribution is 2.19. The van der Waals surface area contributed by atoms with Crippen molar-refractivity contribution in [3.63, 3.8) is 0 Å². The molecule has 0 aliphatic heterocycles. The number of hydrogen-bond donors (Lipinski definition) is 1. The van der Waals surface area contributed by atoms with Gasteiger partial charge in [0.2, 0.25) is 0 Å². The van der Waals surface area contributed by atoms with Gasteiger partial charge in [-0.15, -0.1) is 0 Å². The molecule has 0 spiro atoms. The van der Waals surface area contributed by atoms with Crippen LogP contribution in [-0.2, 0) is 11.3 Å². The van der Waals surface area contributed by atoms with Crippen molar-refractivity contribution in [3.05, 3.63) is 53.5 Å². The Morgan fingerprint density at radius 1 is 1.26 bits per heavy atom. The van der Waals surface area contributed by atoms with Crippen LogP contribution in [-0.4, -0.2) is 29.6 Å². The molecule has 1 N–H and O–H groups in total. The zero-order valence-corrected chi connectivity index (χ0v) is 13.8. The Labute approximate surface area is 136 Å². The van der Waals surface area contributed by atoms with Gasteiger partial charge in [-0.05, 0) is 43.2 Å². The molecule has 124 valence electrons. The van der Waals surface area contributed by atoms with Crippen LogP contribution in [0.5, 0.6) is 5.75 Å². The fraction of sp³-hybridized carbons (Fsp3) is 0.389. The van der Waals surface area contributed by atoms with E-state index >= 15 is 0 Å². The largest absolute Gasteiger partial charge is 0.484 e. The number of rotatable bonds is 7. The highest BCUT2D eigenvalue weighted by atomic mass is 16.5. The fourth-order valence-corrected chi connectivity index (χ4v) is 2.17. The maximum atomic E-state index is 12.1. The molecule has 0 bridgehead atoms. The van der Waals surface area contributed by atoms with Crippen molar-refractivity contribution in [1.82, 2.24) is 4.90 Å². The average Bonchev–Trinajstić information content (AvgIpc) is 2.97. The maximum absolute atomic E-state index is 12.1. The van der Waals surface area contributed by atoms with E-state index in [2.05, 4.69) is 0 Å². The highest BCUT2D eigenvalue weighted by molar-refractivity contribution is 5.77. The first-order chi connectivity index (χ1) is 11.0. The minimum Gasteiger partial charge on any atom is -0.484 e. The number of amides is 1. The Kier molecular flexibility index (Phi) is 5.82. The highest BCUT2D eigenvalue weighted by Gasteiger charge is 2.12. The Bertz CT molecular complexity index is 633. The summed E-state index contributed by atoms with van der Waals surface area (Å²) in [6.07, 6.45) is 0.198. The molecule has 1 aromatic carbocycles. The Morgan fingerprint density at radius 2 is 1.96 bits per heavy atom. The monoisotopic (exact) mass is 317 g/mol. The van der Waals surface area contributed by atoms with Crippen LogP contribution in [0.3, 0.4) is 0 Å². The molecule has 0 radical (unpaired) electrons. The zero-order chi connectivity index (χ0) is 16.8. The van der Waals surface area contributed by atoms with Crippen LogP contribution in [0.15, 0.2) is 40.8 Å². The molecule has 1 atom stereocenters. The number of benzene rings is 1. The summed E-state index contributed by atoms with van der Waals surface area (Å²) in [5, 5.41) is 9.74. The summed E-state index contributed by atoms with van der Waals surface area (Å²) in [6, 6.07) is 10.9. The van der Waals surface area contributed by atoms with E-state index in [1.54, 1.807) is 24.1 Å². The lowest BCUT2D eigenvalue weighted by atomic mass is 10.1. The molecule has 23 heavy (non-hydrogen) atoms. The van der Waals surface area contributed by atoms with Gasteiger partial charge in [-0.3, -0.25) is 4.79 Å². The third kappa shape index (κ3) is 4.86. The van der Waals surface area contributed by atoms with Gasteiger partial charge in [0, 0.05) is 7.05 Å². The summed E-state index contributed by atoms with van der Waals surface area (Å²) >= 11 is 0. The summed E-state index contributed by atoms with van der Waals surface area (Å²) in [7, 11) is 1.71. The van der Waals surface area contributed by atoms with Crippen LogP contribution < -0.4 is 4.74 Å². The first kappa shape index (κ1) is 17.1. The summed E-state index contributed by atoms with van der Waals surface area (Å²) in [6.45, 7) is 4.17. The van der Waals surface area contributed by atoms with Crippen molar-refractivity contribution in [2.24, 2.45) is 0 Å². The normalized spacial score (nSPS) is 12.0. The Balaban J connectivity index is 1.83. The molecule has 1 heterocycles. The standard InChI is InChI=1S/C18H23NO4/c1-4-17(20)14-6-9-15(10-7-14)22-12-18(21)19(3)11-16-8-5-13(2)23-16/h5-10,17,20H,4,11-12H2,1-3H3. The molecule has 1 aromatic heterocycles. The summed E-state index contributed by atoms with van der Waals surface area (Å²) in [5.74, 6) is 2.05. The van der Waals surface area contributed by atoms with Crippen molar-refractivity contribution >= 4 is 5.91 Å². The van der Waals surface area contributed by atoms with Crippen LogP contribution in [0.4, 0.5) is 0 Å². The van der Waals surface area contributed by atoms with Gasteiger partial charge >= 0.3 is 0 Å². The molecule has 2 rings (SSSR count). The van der Waals surface area contributed by atoms with Crippen molar-refractivity contribution in [2.45, 2.75) is 32.9 Å². The number of carbonyl (C=O) groups excluding carboxylic acids is 1. The lowest BCUT2D eigenvalue weighted by Crippen LogP contribution is -2.30. The topological polar surface area (TPSA) is 62.9 Å². The minimum atomic E-state index is -0.464. The SMILES string of the molecule is CCC(O)c1ccc(OCC(=O)N(C)Cc2ccc(C)o2)cc1. The van der Waals surface area contributed by atoms with Gasteiger partial charge in [0.25, 0.3) is 5.91 Å². The number of furan rings is 1. The number of aryl methyl sites for hydroxylation is 1. The number of nitrogens with zero attached hydrogens (tertiary/aromatic N) is 1. The average molecular weight is 317 g/mol. The first-order valence-corrected chi connectivity index (χ1v) is 7.69. The van der Waals surface area contributed by atoms with Crippen molar-refractivity contribution in [1.29, 1.82) is 0 Å². The Hall–Kier alpha value is -2.27. The van der Waals surface area contributed by atoms with E-state index in [9.17, 15) is 9.90 Å². The van der Waals surface area contributed by atoms with E-state index in [0.717, 1.165) is 17.1 Å². The van der Waals surface area contributed by atoms with E-state index < -0.39 is 6.10 Å². The van der Waals surface area contributed by atoms with Crippen LogP contribution in [0.2, 0.25) is 0 Å². The lowest BCUT2D eigenvalue weighted by Gasteiger charge is -2.16. The van der Waals surface area contributed by atoms with Crippen LogP contribution in [0, 0.1) is 6.92 Å². The smallest absolute Gasteiger partial charge is 0.260 e. The number of hydrogen-bond acceptors (Lipinski definition) is 4. The van der Waals surface area contributed by atoms with Crippen molar-refractivity contribution in [3.8, 4) is 5.75 Å². The van der Waals surface area contributed by atoms with E-state index in [-0.39, 0.29) is 12.5 Å². The lowest BCUT2D eigenvalue weighted by molar-refractivity contribution is -0.132. The van der Waals surface area contributed by atoms with E-state index in [1.165, 1.54) is 0 Å². The van der Waals surface area contributed by atoms with Gasteiger partial charge in [0.05, 0.1) is 12.6 Å². The second kappa shape index (κ2) is 7.83. The van der Waals surface area contributed by atoms with Crippen LogP contribution >= 0.6 is 0 Å². The zero-order valence-electron chi connectivity index (χ0n) is 13.8. The Morgan fingerprint density at radius 3 is 2.52 bits per heavy atom. The molecule has 0 saturated carbocycles. The molecular weight excluding hydrogens is 294 g/mol. The molecule has 0 fully saturated rings. The van der Waals surface area contributed by atoms with Crippen molar-refractivity contribution < 1.29 is 19.1 Å². The second-order valence-corrected chi connectivity index (χ2v) is 5.54. The molecule has 0 aliphatic rings. The maximum Gasteiger partial charge on any atom is 0.260 e. The molecule has 0 aliphatic carbocycles. The van der Waals surface area contributed by atoms with Gasteiger partial charge in [-0.1, -0.05) is 19.1 Å². The van der Waals surface area contributed by atoms with Gasteiger partial charge in [-0.25, -0.2) is 0 Å². The van der Waals surface area contributed by atoms with Crippen molar-refractivity contribution in [2.75, 3.05) is 13.7 Å². The molecule has 1 amide bonds. The molecular formula is C18H23NO4. The molecule has 5 heteroatoms. The molecule has 5 nitrogen and oxygen atoms in total. The van der Waals surface area contributed by atoms with Gasteiger partial charge in [-0.2, -0.15) is 0 Å². The molecule has 2 aromatic rings.